The number of amides is 1. The third-order valence-corrected chi connectivity index (χ3v) is 3.34. The van der Waals surface area contributed by atoms with E-state index < -0.39 is 0 Å². The van der Waals surface area contributed by atoms with Gasteiger partial charge in [0, 0.05) is 13.1 Å². The van der Waals surface area contributed by atoms with E-state index in [1.54, 1.807) is 0 Å². The molecule has 1 fully saturated rings. The van der Waals surface area contributed by atoms with Gasteiger partial charge in [-0.3, -0.25) is 4.79 Å². The molecule has 1 amide bonds. The molecule has 0 aromatic heterocycles. The summed E-state index contributed by atoms with van der Waals surface area (Å²) < 4.78 is 5.53. The summed E-state index contributed by atoms with van der Waals surface area (Å²) in [6, 6.07) is 7.80. The van der Waals surface area contributed by atoms with Crippen molar-refractivity contribution in [1.82, 2.24) is 4.90 Å². The van der Waals surface area contributed by atoms with Gasteiger partial charge in [0.2, 0.25) is 0 Å². The van der Waals surface area contributed by atoms with Crippen LogP contribution in [0.2, 0.25) is 0 Å². The first-order chi connectivity index (χ1) is 8.75. The van der Waals surface area contributed by atoms with Gasteiger partial charge in [-0.05, 0) is 31.9 Å². The summed E-state index contributed by atoms with van der Waals surface area (Å²) in [5.74, 6) is 0.876. The van der Waals surface area contributed by atoms with Gasteiger partial charge in [-0.1, -0.05) is 30.5 Å². The summed E-state index contributed by atoms with van der Waals surface area (Å²) in [6.45, 7) is 3.96. The molecular formula is C15H21NO2. The monoisotopic (exact) mass is 247 g/mol. The quantitative estimate of drug-likeness (QED) is 0.822. The topological polar surface area (TPSA) is 29.5 Å². The lowest BCUT2D eigenvalue weighted by atomic mass is 10.2. The van der Waals surface area contributed by atoms with Crippen LogP contribution in [-0.4, -0.2) is 30.5 Å². The number of hydrogen-bond acceptors (Lipinski definition) is 2. The van der Waals surface area contributed by atoms with E-state index in [0.29, 0.717) is 0 Å². The van der Waals surface area contributed by atoms with Crippen molar-refractivity contribution < 1.29 is 9.53 Å². The van der Waals surface area contributed by atoms with E-state index in [-0.39, 0.29) is 12.5 Å². The maximum atomic E-state index is 12.0. The Balaban J connectivity index is 1.81. The SMILES string of the molecule is Cc1ccc(OCC(=O)N2CCCCCC2)cc1. The second-order valence-corrected chi connectivity index (χ2v) is 4.90. The minimum Gasteiger partial charge on any atom is -0.484 e. The second kappa shape index (κ2) is 6.43. The molecule has 3 nitrogen and oxygen atoms in total. The number of likely N-dealkylation sites (tertiary alicyclic amines) is 1. The number of carbonyl (C=O) groups is 1. The number of rotatable bonds is 3. The first-order valence-electron chi connectivity index (χ1n) is 6.73. The fraction of sp³-hybridized carbons (Fsp3) is 0.533. The lowest BCUT2D eigenvalue weighted by Gasteiger charge is -2.20. The molecule has 18 heavy (non-hydrogen) atoms. The van der Waals surface area contributed by atoms with Gasteiger partial charge in [-0.25, -0.2) is 0 Å². The van der Waals surface area contributed by atoms with Crippen molar-refractivity contribution in [1.29, 1.82) is 0 Å². The molecule has 0 bridgehead atoms. The molecule has 0 spiro atoms. The average molecular weight is 247 g/mol. The Hall–Kier alpha value is -1.51. The van der Waals surface area contributed by atoms with E-state index in [4.69, 9.17) is 4.74 Å². The highest BCUT2D eigenvalue weighted by molar-refractivity contribution is 5.77. The number of nitrogens with zero attached hydrogens (tertiary/aromatic N) is 1. The van der Waals surface area contributed by atoms with Crippen LogP contribution in [0.4, 0.5) is 0 Å². The normalized spacial score (nSPS) is 16.2. The fourth-order valence-corrected chi connectivity index (χ4v) is 2.19. The molecule has 0 saturated carbocycles. The Bertz CT molecular complexity index is 378. The zero-order chi connectivity index (χ0) is 12.8. The van der Waals surface area contributed by atoms with E-state index in [0.717, 1.165) is 31.7 Å². The van der Waals surface area contributed by atoms with Crippen LogP contribution in [0.3, 0.4) is 0 Å². The zero-order valence-corrected chi connectivity index (χ0v) is 11.0. The number of aryl methyl sites for hydroxylation is 1. The van der Waals surface area contributed by atoms with Gasteiger partial charge in [0.25, 0.3) is 5.91 Å². The van der Waals surface area contributed by atoms with Crippen molar-refractivity contribution in [2.24, 2.45) is 0 Å². The maximum absolute atomic E-state index is 12.0. The van der Waals surface area contributed by atoms with Crippen molar-refractivity contribution >= 4 is 5.91 Å². The van der Waals surface area contributed by atoms with Crippen LogP contribution < -0.4 is 4.74 Å². The average Bonchev–Trinajstić information content (AvgIpc) is 2.66. The zero-order valence-electron chi connectivity index (χ0n) is 11.0. The molecule has 0 atom stereocenters. The molecule has 3 heteroatoms. The smallest absolute Gasteiger partial charge is 0.260 e. The van der Waals surface area contributed by atoms with E-state index in [1.165, 1.54) is 18.4 Å². The van der Waals surface area contributed by atoms with Gasteiger partial charge in [0.15, 0.2) is 6.61 Å². The minimum atomic E-state index is 0.109. The molecule has 2 rings (SSSR count). The molecule has 0 radical (unpaired) electrons. The van der Waals surface area contributed by atoms with E-state index in [1.807, 2.05) is 36.1 Å². The highest BCUT2D eigenvalue weighted by atomic mass is 16.5. The maximum Gasteiger partial charge on any atom is 0.260 e. The summed E-state index contributed by atoms with van der Waals surface area (Å²) in [6.07, 6.45) is 4.72. The second-order valence-electron chi connectivity index (χ2n) is 4.90. The van der Waals surface area contributed by atoms with Gasteiger partial charge in [0.05, 0.1) is 0 Å². The Kier molecular flexibility index (Phi) is 4.62. The molecule has 1 aromatic carbocycles. The highest BCUT2D eigenvalue weighted by Gasteiger charge is 2.15. The number of hydrogen-bond donors (Lipinski definition) is 0. The van der Waals surface area contributed by atoms with Crippen LogP contribution >= 0.6 is 0 Å². The molecule has 1 saturated heterocycles. The number of carbonyl (C=O) groups excluding carboxylic acids is 1. The van der Waals surface area contributed by atoms with Gasteiger partial charge >= 0.3 is 0 Å². The predicted molar refractivity (Wildman–Crippen MR) is 71.7 cm³/mol. The number of ether oxygens (including phenoxy) is 1. The Labute approximate surface area is 109 Å². The van der Waals surface area contributed by atoms with Gasteiger partial charge in [0.1, 0.15) is 5.75 Å². The van der Waals surface area contributed by atoms with E-state index in [2.05, 4.69) is 0 Å². The van der Waals surface area contributed by atoms with Crippen LogP contribution in [0.25, 0.3) is 0 Å². The predicted octanol–water partition coefficient (Wildman–Crippen LogP) is 2.78. The Morgan fingerprint density at radius 3 is 2.33 bits per heavy atom. The molecular weight excluding hydrogens is 226 g/mol. The van der Waals surface area contributed by atoms with Crippen LogP contribution in [0.15, 0.2) is 24.3 Å². The van der Waals surface area contributed by atoms with Gasteiger partial charge in [-0.15, -0.1) is 0 Å². The van der Waals surface area contributed by atoms with Gasteiger partial charge in [-0.2, -0.15) is 0 Å². The first kappa shape index (κ1) is 12.9. The molecule has 0 aliphatic carbocycles. The third kappa shape index (κ3) is 3.76. The standard InChI is InChI=1S/C15H21NO2/c1-13-6-8-14(9-7-13)18-12-15(17)16-10-4-2-3-5-11-16/h6-9H,2-5,10-12H2,1H3. The molecule has 1 aliphatic heterocycles. The fourth-order valence-electron chi connectivity index (χ4n) is 2.19. The summed E-state index contributed by atoms with van der Waals surface area (Å²) in [5.41, 5.74) is 1.20. The van der Waals surface area contributed by atoms with Crippen molar-refractivity contribution in [3.63, 3.8) is 0 Å². The lowest BCUT2D eigenvalue weighted by molar-refractivity contribution is -0.133. The minimum absolute atomic E-state index is 0.109. The summed E-state index contributed by atoms with van der Waals surface area (Å²) in [4.78, 5) is 13.9. The summed E-state index contributed by atoms with van der Waals surface area (Å²) in [5, 5.41) is 0. The summed E-state index contributed by atoms with van der Waals surface area (Å²) >= 11 is 0. The Morgan fingerprint density at radius 2 is 1.72 bits per heavy atom. The van der Waals surface area contributed by atoms with Gasteiger partial charge < -0.3 is 9.64 Å². The third-order valence-electron chi connectivity index (χ3n) is 3.34. The van der Waals surface area contributed by atoms with Crippen molar-refractivity contribution in [2.75, 3.05) is 19.7 Å². The highest BCUT2D eigenvalue weighted by Crippen LogP contribution is 2.13. The molecule has 98 valence electrons. The van der Waals surface area contributed by atoms with E-state index in [9.17, 15) is 4.79 Å². The summed E-state index contributed by atoms with van der Waals surface area (Å²) in [7, 11) is 0. The first-order valence-corrected chi connectivity index (χ1v) is 6.73. The van der Waals surface area contributed by atoms with Crippen LogP contribution in [0.1, 0.15) is 31.2 Å². The largest absolute Gasteiger partial charge is 0.484 e. The van der Waals surface area contributed by atoms with E-state index >= 15 is 0 Å². The van der Waals surface area contributed by atoms with Crippen LogP contribution in [-0.2, 0) is 4.79 Å². The lowest BCUT2D eigenvalue weighted by Crippen LogP contribution is -2.35. The molecule has 0 unspecified atom stereocenters. The van der Waals surface area contributed by atoms with Crippen molar-refractivity contribution in [2.45, 2.75) is 32.6 Å². The molecule has 1 aromatic rings. The van der Waals surface area contributed by atoms with Crippen molar-refractivity contribution in [3.05, 3.63) is 29.8 Å². The Morgan fingerprint density at radius 1 is 1.11 bits per heavy atom. The van der Waals surface area contributed by atoms with Crippen LogP contribution in [0, 0.1) is 6.92 Å². The molecule has 0 N–H and O–H groups in total. The molecule has 1 aliphatic rings. The molecule has 1 heterocycles. The van der Waals surface area contributed by atoms with Crippen LogP contribution in [0.5, 0.6) is 5.75 Å². The van der Waals surface area contributed by atoms with Crippen molar-refractivity contribution in [3.8, 4) is 5.75 Å². The number of benzene rings is 1.